The number of fused-ring (bicyclic) bond motifs is 1. The summed E-state index contributed by atoms with van der Waals surface area (Å²) < 4.78 is 5.25. The van der Waals surface area contributed by atoms with Crippen LogP contribution in [-0.2, 0) is 0 Å². The minimum Gasteiger partial charge on any atom is -0.491 e. The SMILES string of the molecule is COc1c(NCCO)[nH]c2cc(N)[nH]c12. The van der Waals surface area contributed by atoms with Crippen LogP contribution in [0.4, 0.5) is 11.6 Å². The summed E-state index contributed by atoms with van der Waals surface area (Å²) in [5, 5.41) is 11.7. The van der Waals surface area contributed by atoms with Crippen LogP contribution >= 0.6 is 0 Å². The Balaban J connectivity index is 2.41. The first-order chi connectivity index (χ1) is 7.26. The Kier molecular flexibility index (Phi) is 2.42. The van der Waals surface area contributed by atoms with Gasteiger partial charge < -0.3 is 30.9 Å². The summed E-state index contributed by atoms with van der Waals surface area (Å²) in [5.74, 6) is 2.01. The molecule has 0 saturated carbocycles. The highest BCUT2D eigenvalue weighted by atomic mass is 16.5. The number of H-pyrrole nitrogens is 2. The lowest BCUT2D eigenvalue weighted by atomic mass is 10.4. The molecule has 0 spiro atoms. The number of rotatable bonds is 4. The molecular formula is C9H14N4O2. The van der Waals surface area contributed by atoms with Gasteiger partial charge in [-0.05, 0) is 0 Å². The van der Waals surface area contributed by atoms with Crippen LogP contribution in [0.15, 0.2) is 6.07 Å². The Morgan fingerprint density at radius 1 is 1.53 bits per heavy atom. The number of aromatic nitrogens is 2. The van der Waals surface area contributed by atoms with Gasteiger partial charge in [-0.3, -0.25) is 0 Å². The molecule has 0 radical (unpaired) electrons. The van der Waals surface area contributed by atoms with Gasteiger partial charge in [0.2, 0.25) is 0 Å². The zero-order chi connectivity index (χ0) is 10.8. The van der Waals surface area contributed by atoms with Crippen molar-refractivity contribution in [1.29, 1.82) is 0 Å². The number of hydrogen-bond donors (Lipinski definition) is 5. The van der Waals surface area contributed by atoms with Crippen molar-refractivity contribution in [2.24, 2.45) is 0 Å². The van der Waals surface area contributed by atoms with E-state index < -0.39 is 0 Å². The summed E-state index contributed by atoms with van der Waals surface area (Å²) >= 11 is 0. The second-order valence-electron chi connectivity index (χ2n) is 3.20. The minimum atomic E-state index is 0.0677. The van der Waals surface area contributed by atoms with Gasteiger partial charge >= 0.3 is 0 Å². The van der Waals surface area contributed by atoms with E-state index in [1.54, 1.807) is 13.2 Å². The van der Waals surface area contributed by atoms with Crippen LogP contribution in [0.3, 0.4) is 0 Å². The van der Waals surface area contributed by atoms with Crippen LogP contribution in [0, 0.1) is 0 Å². The Morgan fingerprint density at radius 2 is 2.33 bits per heavy atom. The Morgan fingerprint density at radius 3 is 3.00 bits per heavy atom. The van der Waals surface area contributed by atoms with Crippen molar-refractivity contribution in [3.05, 3.63) is 6.07 Å². The number of nitrogen functional groups attached to an aromatic ring is 1. The van der Waals surface area contributed by atoms with Crippen LogP contribution in [0.5, 0.6) is 5.75 Å². The minimum absolute atomic E-state index is 0.0677. The highest BCUT2D eigenvalue weighted by Crippen LogP contribution is 2.34. The van der Waals surface area contributed by atoms with E-state index in [0.717, 1.165) is 16.9 Å². The Labute approximate surface area is 86.4 Å². The number of methoxy groups -OCH3 is 1. The predicted octanol–water partition coefficient (Wildman–Crippen LogP) is 0.491. The molecule has 0 bridgehead atoms. The molecule has 6 heteroatoms. The second-order valence-corrected chi connectivity index (χ2v) is 3.20. The van der Waals surface area contributed by atoms with Crippen LogP contribution in [-0.4, -0.2) is 35.3 Å². The third kappa shape index (κ3) is 1.59. The fourth-order valence-corrected chi connectivity index (χ4v) is 1.58. The molecule has 0 fully saturated rings. The molecule has 15 heavy (non-hydrogen) atoms. The Bertz CT molecular complexity index is 460. The topological polar surface area (TPSA) is 99.1 Å². The fraction of sp³-hybridized carbons (Fsp3) is 0.333. The van der Waals surface area contributed by atoms with Crippen molar-refractivity contribution < 1.29 is 9.84 Å². The largest absolute Gasteiger partial charge is 0.491 e. The third-order valence-corrected chi connectivity index (χ3v) is 2.17. The zero-order valence-electron chi connectivity index (χ0n) is 8.42. The molecule has 0 aromatic carbocycles. The molecule has 82 valence electrons. The van der Waals surface area contributed by atoms with E-state index in [1.165, 1.54) is 0 Å². The highest BCUT2D eigenvalue weighted by molar-refractivity contribution is 5.92. The van der Waals surface area contributed by atoms with Gasteiger partial charge in [0, 0.05) is 12.6 Å². The van der Waals surface area contributed by atoms with Crippen LogP contribution < -0.4 is 15.8 Å². The summed E-state index contributed by atoms with van der Waals surface area (Å²) in [4.78, 5) is 6.11. The van der Waals surface area contributed by atoms with Crippen molar-refractivity contribution in [1.82, 2.24) is 9.97 Å². The molecule has 2 aromatic heterocycles. The number of hydrogen-bond acceptors (Lipinski definition) is 4. The van der Waals surface area contributed by atoms with Crippen LogP contribution in [0.1, 0.15) is 0 Å². The molecule has 0 aliphatic carbocycles. The van der Waals surface area contributed by atoms with Crippen molar-refractivity contribution in [3.8, 4) is 5.75 Å². The molecule has 0 aliphatic rings. The maximum Gasteiger partial charge on any atom is 0.184 e. The Hall–Kier alpha value is -1.82. The molecule has 0 unspecified atom stereocenters. The van der Waals surface area contributed by atoms with E-state index in [4.69, 9.17) is 15.6 Å². The summed E-state index contributed by atoms with van der Waals surface area (Å²) in [5.41, 5.74) is 7.33. The van der Waals surface area contributed by atoms with E-state index in [-0.39, 0.29) is 6.61 Å². The maximum absolute atomic E-state index is 8.72. The van der Waals surface area contributed by atoms with E-state index >= 15 is 0 Å². The quantitative estimate of drug-likeness (QED) is 0.507. The molecule has 6 N–H and O–H groups in total. The molecule has 0 atom stereocenters. The zero-order valence-corrected chi connectivity index (χ0v) is 8.42. The smallest absolute Gasteiger partial charge is 0.184 e. The van der Waals surface area contributed by atoms with Gasteiger partial charge in [-0.1, -0.05) is 0 Å². The van der Waals surface area contributed by atoms with E-state index in [2.05, 4.69) is 15.3 Å². The lowest BCUT2D eigenvalue weighted by Gasteiger charge is -2.04. The highest BCUT2D eigenvalue weighted by Gasteiger charge is 2.13. The normalized spacial score (nSPS) is 10.8. The summed E-state index contributed by atoms with van der Waals surface area (Å²) in [6, 6.07) is 1.79. The van der Waals surface area contributed by atoms with Gasteiger partial charge in [-0.2, -0.15) is 0 Å². The number of aliphatic hydroxyl groups is 1. The lowest BCUT2D eigenvalue weighted by Crippen LogP contribution is -2.06. The first kappa shape index (κ1) is 9.72. The standard InChI is InChI=1S/C9H14N4O2/c1-15-8-7-5(4-6(10)13-7)12-9(8)11-2-3-14/h4,11-14H,2-3,10H2,1H3. The summed E-state index contributed by atoms with van der Waals surface area (Å²) in [6.45, 7) is 0.535. The molecular weight excluding hydrogens is 196 g/mol. The number of aromatic amines is 2. The number of nitrogens with one attached hydrogen (secondary N) is 3. The molecule has 0 saturated heterocycles. The van der Waals surface area contributed by atoms with Gasteiger partial charge in [0.15, 0.2) is 5.75 Å². The summed E-state index contributed by atoms with van der Waals surface area (Å²) in [6.07, 6.45) is 0. The number of anilines is 2. The predicted molar refractivity (Wildman–Crippen MR) is 59.2 cm³/mol. The summed E-state index contributed by atoms with van der Waals surface area (Å²) in [7, 11) is 1.59. The molecule has 0 amide bonds. The first-order valence-corrected chi connectivity index (χ1v) is 4.65. The van der Waals surface area contributed by atoms with Crippen LogP contribution in [0.25, 0.3) is 11.0 Å². The van der Waals surface area contributed by atoms with E-state index in [9.17, 15) is 0 Å². The van der Waals surface area contributed by atoms with Crippen molar-refractivity contribution in [2.45, 2.75) is 0 Å². The first-order valence-electron chi connectivity index (χ1n) is 4.65. The van der Waals surface area contributed by atoms with Crippen molar-refractivity contribution in [3.63, 3.8) is 0 Å². The molecule has 2 heterocycles. The van der Waals surface area contributed by atoms with E-state index in [1.807, 2.05) is 0 Å². The number of aliphatic hydroxyl groups excluding tert-OH is 1. The molecule has 6 nitrogen and oxygen atoms in total. The van der Waals surface area contributed by atoms with Gasteiger partial charge in [0.1, 0.15) is 17.2 Å². The molecule has 2 rings (SSSR count). The van der Waals surface area contributed by atoms with E-state index in [0.29, 0.717) is 18.1 Å². The van der Waals surface area contributed by atoms with Gasteiger partial charge in [-0.15, -0.1) is 0 Å². The third-order valence-electron chi connectivity index (χ3n) is 2.17. The average molecular weight is 210 g/mol. The lowest BCUT2D eigenvalue weighted by molar-refractivity contribution is 0.310. The fourth-order valence-electron chi connectivity index (χ4n) is 1.58. The average Bonchev–Trinajstić information content (AvgIpc) is 2.70. The molecule has 0 aliphatic heterocycles. The second kappa shape index (κ2) is 3.74. The number of ether oxygens (including phenoxy) is 1. The maximum atomic E-state index is 8.72. The van der Waals surface area contributed by atoms with Crippen molar-refractivity contribution >= 4 is 22.7 Å². The van der Waals surface area contributed by atoms with Gasteiger partial charge in [-0.25, -0.2) is 0 Å². The van der Waals surface area contributed by atoms with Crippen molar-refractivity contribution in [2.75, 3.05) is 31.3 Å². The van der Waals surface area contributed by atoms with Crippen LogP contribution in [0.2, 0.25) is 0 Å². The molecule has 2 aromatic rings. The number of nitrogens with two attached hydrogens (primary N) is 1. The van der Waals surface area contributed by atoms with Gasteiger partial charge in [0.05, 0.1) is 19.2 Å². The van der Waals surface area contributed by atoms with Gasteiger partial charge in [0.25, 0.3) is 0 Å². The monoisotopic (exact) mass is 210 g/mol.